The maximum Gasteiger partial charge on any atom is 0.0595 e. The number of ether oxygens (including phenoxy) is 1. The van der Waals surface area contributed by atoms with E-state index in [1.54, 1.807) is 0 Å². The first-order chi connectivity index (χ1) is 7.76. The highest BCUT2D eigenvalue weighted by Crippen LogP contribution is 2.22. The number of hydrogen-bond acceptors (Lipinski definition) is 3. The van der Waals surface area contributed by atoms with Gasteiger partial charge in [-0.2, -0.15) is 0 Å². The van der Waals surface area contributed by atoms with Crippen LogP contribution in [0.1, 0.15) is 39.5 Å². The molecule has 0 aromatic heterocycles. The zero-order chi connectivity index (χ0) is 12.0. The van der Waals surface area contributed by atoms with E-state index >= 15 is 0 Å². The molecule has 1 rings (SSSR count). The topological polar surface area (TPSA) is 38.5 Å². The molecule has 1 atom stereocenters. The molecule has 1 fully saturated rings. The molecule has 0 spiro atoms. The van der Waals surface area contributed by atoms with Gasteiger partial charge in [0.15, 0.2) is 0 Å². The first-order valence-corrected chi connectivity index (χ1v) is 6.73. The van der Waals surface area contributed by atoms with Gasteiger partial charge in [-0.15, -0.1) is 0 Å². The Kier molecular flexibility index (Phi) is 6.32. The van der Waals surface area contributed by atoms with Crippen molar-refractivity contribution in [1.29, 1.82) is 0 Å². The summed E-state index contributed by atoms with van der Waals surface area (Å²) >= 11 is 0. The lowest BCUT2D eigenvalue weighted by Gasteiger charge is -2.40. The van der Waals surface area contributed by atoms with Crippen molar-refractivity contribution in [3.63, 3.8) is 0 Å². The fourth-order valence-corrected chi connectivity index (χ4v) is 2.92. The van der Waals surface area contributed by atoms with Crippen LogP contribution in [0, 0.1) is 5.92 Å². The van der Waals surface area contributed by atoms with Crippen LogP contribution in [-0.2, 0) is 4.74 Å². The minimum atomic E-state index is 0.469. The van der Waals surface area contributed by atoms with Crippen LogP contribution >= 0.6 is 0 Å². The largest absolute Gasteiger partial charge is 0.381 e. The van der Waals surface area contributed by atoms with Crippen LogP contribution in [-0.4, -0.2) is 43.8 Å². The average Bonchev–Trinajstić information content (AvgIpc) is 2.36. The lowest BCUT2D eigenvalue weighted by molar-refractivity contribution is 0.0172. The molecule has 1 aliphatic heterocycles. The molecule has 96 valence electrons. The minimum Gasteiger partial charge on any atom is -0.381 e. The van der Waals surface area contributed by atoms with Crippen LogP contribution in [0.25, 0.3) is 0 Å². The number of nitrogens with two attached hydrogens (primary N) is 1. The average molecular weight is 228 g/mol. The Morgan fingerprint density at radius 3 is 2.19 bits per heavy atom. The van der Waals surface area contributed by atoms with E-state index in [0.717, 1.165) is 38.4 Å². The number of rotatable bonds is 6. The molecule has 3 heteroatoms. The summed E-state index contributed by atoms with van der Waals surface area (Å²) in [7, 11) is 1.82. The Morgan fingerprint density at radius 1 is 1.25 bits per heavy atom. The molecule has 0 amide bonds. The van der Waals surface area contributed by atoms with Crippen LogP contribution in [0.2, 0.25) is 0 Å². The van der Waals surface area contributed by atoms with E-state index in [2.05, 4.69) is 18.7 Å². The van der Waals surface area contributed by atoms with Crippen LogP contribution in [0.4, 0.5) is 0 Å². The van der Waals surface area contributed by atoms with E-state index in [0.29, 0.717) is 12.1 Å². The molecule has 3 nitrogen and oxygen atoms in total. The highest BCUT2D eigenvalue weighted by Gasteiger charge is 2.27. The van der Waals surface area contributed by atoms with Crippen molar-refractivity contribution < 1.29 is 4.74 Å². The van der Waals surface area contributed by atoms with Gasteiger partial charge in [-0.3, -0.25) is 4.90 Å². The molecule has 0 radical (unpaired) electrons. The second kappa shape index (κ2) is 7.25. The lowest BCUT2D eigenvalue weighted by atomic mass is 9.91. The molecular formula is C13H28N2O. The molecule has 1 aliphatic rings. The number of likely N-dealkylation sites (tertiary alicyclic amines) is 1. The van der Waals surface area contributed by atoms with E-state index in [1.165, 1.54) is 12.8 Å². The fraction of sp³-hybridized carbons (Fsp3) is 1.00. The molecule has 16 heavy (non-hydrogen) atoms. The van der Waals surface area contributed by atoms with Crippen molar-refractivity contribution in [1.82, 2.24) is 4.90 Å². The zero-order valence-electron chi connectivity index (χ0n) is 11.1. The summed E-state index contributed by atoms with van der Waals surface area (Å²) in [5.41, 5.74) is 5.95. The molecule has 0 saturated carbocycles. The predicted molar refractivity (Wildman–Crippen MR) is 68.5 cm³/mol. The van der Waals surface area contributed by atoms with Crippen molar-refractivity contribution >= 4 is 0 Å². The van der Waals surface area contributed by atoms with Gasteiger partial charge in [0.2, 0.25) is 0 Å². The number of hydrogen-bond donors (Lipinski definition) is 1. The van der Waals surface area contributed by atoms with Gasteiger partial charge in [0.25, 0.3) is 0 Å². The summed E-state index contributed by atoms with van der Waals surface area (Å²) in [6, 6.07) is 0.577. The van der Waals surface area contributed by atoms with Crippen LogP contribution in [0.3, 0.4) is 0 Å². The van der Waals surface area contributed by atoms with E-state index < -0.39 is 0 Å². The molecule has 0 bridgehead atoms. The Labute approximate surface area is 100 Å². The third-order valence-corrected chi connectivity index (χ3v) is 4.11. The van der Waals surface area contributed by atoms with Gasteiger partial charge in [0.05, 0.1) is 6.10 Å². The lowest BCUT2D eigenvalue weighted by Crippen LogP contribution is -2.49. The fourth-order valence-electron chi connectivity index (χ4n) is 2.92. The maximum atomic E-state index is 5.95. The van der Waals surface area contributed by atoms with Crippen LogP contribution in [0.15, 0.2) is 0 Å². The summed E-state index contributed by atoms with van der Waals surface area (Å²) < 4.78 is 5.41. The third kappa shape index (κ3) is 3.44. The quantitative estimate of drug-likeness (QED) is 0.754. The minimum absolute atomic E-state index is 0.469. The number of piperidine rings is 1. The van der Waals surface area contributed by atoms with Crippen LogP contribution in [0.5, 0.6) is 0 Å². The summed E-state index contributed by atoms with van der Waals surface area (Å²) in [6.45, 7) is 7.65. The summed E-state index contributed by atoms with van der Waals surface area (Å²) in [4.78, 5) is 2.58. The van der Waals surface area contributed by atoms with Crippen molar-refractivity contribution in [2.45, 2.75) is 51.7 Å². The van der Waals surface area contributed by atoms with E-state index in [-0.39, 0.29) is 0 Å². The number of nitrogens with zero attached hydrogens (tertiary/aromatic N) is 1. The van der Waals surface area contributed by atoms with Crippen molar-refractivity contribution in [2.75, 3.05) is 26.7 Å². The first-order valence-electron chi connectivity index (χ1n) is 6.73. The predicted octanol–water partition coefficient (Wildman–Crippen LogP) is 1.86. The molecule has 0 aromatic rings. The van der Waals surface area contributed by atoms with Crippen molar-refractivity contribution in [2.24, 2.45) is 11.7 Å². The molecule has 1 heterocycles. The third-order valence-electron chi connectivity index (χ3n) is 4.11. The van der Waals surface area contributed by atoms with Gasteiger partial charge < -0.3 is 10.5 Å². The van der Waals surface area contributed by atoms with Gasteiger partial charge in [-0.05, 0) is 18.8 Å². The van der Waals surface area contributed by atoms with Crippen molar-refractivity contribution in [3.8, 4) is 0 Å². The smallest absolute Gasteiger partial charge is 0.0595 e. The molecular weight excluding hydrogens is 200 g/mol. The Morgan fingerprint density at radius 2 is 1.81 bits per heavy atom. The second-order valence-corrected chi connectivity index (χ2v) is 4.85. The highest BCUT2D eigenvalue weighted by atomic mass is 16.5. The van der Waals surface area contributed by atoms with Gasteiger partial charge in [-0.1, -0.05) is 26.7 Å². The molecule has 0 aromatic carbocycles. The van der Waals surface area contributed by atoms with Crippen molar-refractivity contribution in [3.05, 3.63) is 0 Å². The molecule has 1 saturated heterocycles. The Hall–Kier alpha value is -0.120. The van der Waals surface area contributed by atoms with Gasteiger partial charge in [0.1, 0.15) is 0 Å². The molecule has 0 aliphatic carbocycles. The Bertz CT molecular complexity index is 175. The number of methoxy groups -OCH3 is 1. The second-order valence-electron chi connectivity index (χ2n) is 4.85. The van der Waals surface area contributed by atoms with Crippen LogP contribution < -0.4 is 5.73 Å². The first kappa shape index (κ1) is 13.9. The monoisotopic (exact) mass is 228 g/mol. The van der Waals surface area contributed by atoms with Gasteiger partial charge in [-0.25, -0.2) is 0 Å². The normalized spacial score (nSPS) is 21.6. The van der Waals surface area contributed by atoms with Gasteiger partial charge in [0, 0.05) is 32.8 Å². The van der Waals surface area contributed by atoms with Gasteiger partial charge >= 0.3 is 0 Å². The summed E-state index contributed by atoms with van der Waals surface area (Å²) in [5, 5.41) is 0. The summed E-state index contributed by atoms with van der Waals surface area (Å²) in [6.07, 6.45) is 5.27. The maximum absolute atomic E-state index is 5.95. The molecule has 2 N–H and O–H groups in total. The Balaban J connectivity index is 2.48. The zero-order valence-corrected chi connectivity index (χ0v) is 11.1. The van der Waals surface area contributed by atoms with E-state index in [9.17, 15) is 0 Å². The van der Waals surface area contributed by atoms with E-state index in [1.807, 2.05) is 7.11 Å². The van der Waals surface area contributed by atoms with E-state index in [4.69, 9.17) is 10.5 Å². The SMILES string of the molecule is CCC(CC)C(CN)N1CCC(OC)CC1. The highest BCUT2D eigenvalue weighted by molar-refractivity contribution is 4.83. The summed E-state index contributed by atoms with van der Waals surface area (Å²) in [5.74, 6) is 0.754. The molecule has 1 unspecified atom stereocenters. The standard InChI is InChI=1S/C13H28N2O/c1-4-11(5-2)13(10-14)15-8-6-12(16-3)7-9-15/h11-13H,4-10,14H2,1-3H3.